The Morgan fingerprint density at radius 3 is 2.50 bits per heavy atom. The van der Waals surface area contributed by atoms with E-state index < -0.39 is 18.2 Å². The van der Waals surface area contributed by atoms with Gasteiger partial charge in [0.05, 0.1) is 6.54 Å². The summed E-state index contributed by atoms with van der Waals surface area (Å²) in [6.45, 7) is 0.789. The highest BCUT2D eigenvalue weighted by atomic mass is 16.3. The van der Waals surface area contributed by atoms with Crippen molar-refractivity contribution >= 4 is 28.6 Å². The molecule has 2 atom stereocenters. The molecule has 3 aromatic rings. The van der Waals surface area contributed by atoms with Gasteiger partial charge in [-0.25, -0.2) is 4.79 Å². The molecule has 34 heavy (non-hydrogen) atoms. The van der Waals surface area contributed by atoms with Crippen LogP contribution in [-0.4, -0.2) is 62.9 Å². The van der Waals surface area contributed by atoms with Crippen molar-refractivity contribution in [3.05, 3.63) is 77.9 Å². The fraction of sp³-hybridized carbons (Fsp3) is 0.269. The van der Waals surface area contributed by atoms with E-state index in [1.165, 1.54) is 9.80 Å². The van der Waals surface area contributed by atoms with Crippen LogP contribution >= 0.6 is 0 Å². The molecule has 2 aliphatic heterocycles. The number of rotatable bonds is 4. The lowest BCUT2D eigenvalue weighted by Gasteiger charge is -2.52. The van der Waals surface area contributed by atoms with Gasteiger partial charge in [0.1, 0.15) is 18.0 Å². The number of aromatic hydroxyl groups is 1. The zero-order valence-electron chi connectivity index (χ0n) is 18.6. The predicted molar refractivity (Wildman–Crippen MR) is 127 cm³/mol. The monoisotopic (exact) mass is 458 g/mol. The highest BCUT2D eigenvalue weighted by Gasteiger charge is 2.48. The van der Waals surface area contributed by atoms with Gasteiger partial charge in [-0.15, -0.1) is 0 Å². The Morgan fingerprint density at radius 1 is 1.00 bits per heavy atom. The second-order valence-electron chi connectivity index (χ2n) is 8.81. The van der Waals surface area contributed by atoms with Gasteiger partial charge in [0, 0.05) is 25.9 Å². The number of hydrogen-bond donors (Lipinski definition) is 2. The molecule has 2 saturated heterocycles. The number of phenolic OH excluding ortho intramolecular Hbond substituents is 1. The average molecular weight is 459 g/mol. The maximum absolute atomic E-state index is 13.8. The van der Waals surface area contributed by atoms with Crippen molar-refractivity contribution in [3.8, 4) is 5.75 Å². The van der Waals surface area contributed by atoms with Gasteiger partial charge in [0.25, 0.3) is 0 Å². The number of benzene rings is 3. The third-order valence-electron chi connectivity index (χ3n) is 6.74. The summed E-state index contributed by atoms with van der Waals surface area (Å²) in [5.41, 5.74) is 7.47. The number of fused-ring (bicyclic) bond motifs is 2. The van der Waals surface area contributed by atoms with Crippen LogP contribution in [0.1, 0.15) is 17.5 Å². The number of urea groups is 1. The van der Waals surface area contributed by atoms with E-state index in [0.29, 0.717) is 6.54 Å². The third-order valence-corrected chi connectivity index (χ3v) is 6.74. The molecule has 3 N–H and O–H groups in total. The second-order valence-corrected chi connectivity index (χ2v) is 8.81. The lowest BCUT2D eigenvalue weighted by atomic mass is 9.96. The van der Waals surface area contributed by atoms with Crippen molar-refractivity contribution < 1.29 is 19.5 Å². The van der Waals surface area contributed by atoms with Crippen molar-refractivity contribution in [1.29, 1.82) is 0 Å². The van der Waals surface area contributed by atoms with Gasteiger partial charge in [0.2, 0.25) is 11.8 Å². The Balaban J connectivity index is 1.52. The number of piperazine rings is 1. The quantitative estimate of drug-likeness (QED) is 0.626. The van der Waals surface area contributed by atoms with Crippen LogP contribution in [0.3, 0.4) is 0 Å². The van der Waals surface area contributed by atoms with Gasteiger partial charge >= 0.3 is 6.03 Å². The van der Waals surface area contributed by atoms with Crippen molar-refractivity contribution in [2.24, 2.45) is 5.73 Å². The number of nitrogens with two attached hydrogens (primary N) is 1. The summed E-state index contributed by atoms with van der Waals surface area (Å²) in [5, 5.41) is 11.8. The minimum atomic E-state index is -0.770. The maximum atomic E-state index is 13.8. The minimum absolute atomic E-state index is 0.127. The molecule has 8 nitrogen and oxygen atoms in total. The van der Waals surface area contributed by atoms with E-state index in [1.54, 1.807) is 29.2 Å². The summed E-state index contributed by atoms with van der Waals surface area (Å²) in [4.78, 5) is 43.7. The summed E-state index contributed by atoms with van der Waals surface area (Å²) in [6, 6.07) is 19.2. The van der Waals surface area contributed by atoms with Gasteiger partial charge < -0.3 is 25.5 Å². The summed E-state index contributed by atoms with van der Waals surface area (Å²) in [5.74, 6) is -0.204. The molecule has 3 aromatic carbocycles. The fourth-order valence-corrected chi connectivity index (χ4v) is 5.07. The molecule has 0 bridgehead atoms. The molecule has 2 unspecified atom stereocenters. The number of amides is 4. The average Bonchev–Trinajstić information content (AvgIpc) is 2.83. The first-order valence-electron chi connectivity index (χ1n) is 11.3. The number of hydrogen-bond acceptors (Lipinski definition) is 4. The third kappa shape index (κ3) is 3.91. The molecule has 8 heteroatoms. The van der Waals surface area contributed by atoms with Gasteiger partial charge in [0.15, 0.2) is 0 Å². The van der Waals surface area contributed by atoms with E-state index >= 15 is 0 Å². The molecule has 0 aromatic heterocycles. The van der Waals surface area contributed by atoms with Crippen molar-refractivity contribution in [2.45, 2.75) is 31.6 Å². The highest BCUT2D eigenvalue weighted by molar-refractivity contribution is 5.92. The molecule has 0 saturated carbocycles. The first-order chi connectivity index (χ1) is 16.4. The van der Waals surface area contributed by atoms with Crippen LogP contribution < -0.4 is 5.73 Å². The lowest BCUT2D eigenvalue weighted by molar-refractivity contribution is -0.167. The molecular formula is C26H26N4O4. The number of carbonyl (C=O) groups is 3. The van der Waals surface area contributed by atoms with E-state index in [2.05, 4.69) is 0 Å². The van der Waals surface area contributed by atoms with Gasteiger partial charge in [-0.05, 0) is 34.0 Å². The summed E-state index contributed by atoms with van der Waals surface area (Å²) < 4.78 is 0. The number of nitrogens with zero attached hydrogens (tertiary/aromatic N) is 3. The standard InChI is InChI=1S/C26H26N4O4/c27-26(34)29-13-12-24(32)30-22(14-17-8-10-20(31)11-9-17)25(33)28(16-23(29)30)15-19-6-3-5-18-4-1-2-7-21(18)19/h1-11,22-23,31H,12-16H2,(H2,27,34). The van der Waals surface area contributed by atoms with Crippen molar-refractivity contribution in [3.63, 3.8) is 0 Å². The van der Waals surface area contributed by atoms with Crippen molar-refractivity contribution in [2.75, 3.05) is 13.1 Å². The van der Waals surface area contributed by atoms with Crippen LogP contribution in [0.5, 0.6) is 5.75 Å². The molecule has 5 rings (SSSR count). The molecular weight excluding hydrogens is 432 g/mol. The topological polar surface area (TPSA) is 107 Å². The molecule has 2 fully saturated rings. The second kappa shape index (κ2) is 8.70. The molecule has 2 aliphatic rings. The first kappa shape index (κ1) is 21.8. The highest BCUT2D eigenvalue weighted by Crippen LogP contribution is 2.30. The molecule has 174 valence electrons. The van der Waals surface area contributed by atoms with E-state index in [-0.39, 0.29) is 43.5 Å². The minimum Gasteiger partial charge on any atom is -0.508 e. The SMILES string of the molecule is NC(=O)N1CCC(=O)N2C(Cc3ccc(O)cc3)C(=O)N(Cc3cccc4ccccc34)CC12. The maximum Gasteiger partial charge on any atom is 0.316 e. The Kier molecular flexibility index (Phi) is 5.57. The Morgan fingerprint density at radius 2 is 1.74 bits per heavy atom. The van der Waals surface area contributed by atoms with Crippen LogP contribution in [0.4, 0.5) is 4.79 Å². The normalized spacial score (nSPS) is 20.5. The lowest BCUT2D eigenvalue weighted by Crippen LogP contribution is -2.72. The largest absolute Gasteiger partial charge is 0.508 e. The van der Waals surface area contributed by atoms with Crippen LogP contribution in [0.2, 0.25) is 0 Å². The zero-order chi connectivity index (χ0) is 23.8. The zero-order valence-corrected chi connectivity index (χ0v) is 18.6. The van der Waals surface area contributed by atoms with E-state index in [0.717, 1.165) is 21.9 Å². The first-order valence-corrected chi connectivity index (χ1v) is 11.3. The van der Waals surface area contributed by atoms with Crippen molar-refractivity contribution in [1.82, 2.24) is 14.7 Å². The summed E-state index contributed by atoms with van der Waals surface area (Å²) in [7, 11) is 0. The Bertz CT molecular complexity index is 1250. The van der Waals surface area contributed by atoms with Gasteiger partial charge in [-0.2, -0.15) is 0 Å². The molecule has 0 aliphatic carbocycles. The van der Waals surface area contributed by atoms with Crippen LogP contribution in [0.25, 0.3) is 10.8 Å². The predicted octanol–water partition coefficient (Wildman–Crippen LogP) is 2.44. The number of carbonyl (C=O) groups excluding carboxylic acids is 3. The molecule has 2 heterocycles. The van der Waals surface area contributed by atoms with Crippen LogP contribution in [-0.2, 0) is 22.6 Å². The smallest absolute Gasteiger partial charge is 0.316 e. The number of primary amides is 1. The molecule has 0 spiro atoms. The van der Waals surface area contributed by atoms with Crippen LogP contribution in [0.15, 0.2) is 66.7 Å². The fourth-order valence-electron chi connectivity index (χ4n) is 5.07. The van der Waals surface area contributed by atoms with Gasteiger partial charge in [-0.3, -0.25) is 9.59 Å². The van der Waals surface area contributed by atoms with E-state index in [1.807, 2.05) is 42.5 Å². The summed E-state index contributed by atoms with van der Waals surface area (Å²) >= 11 is 0. The van der Waals surface area contributed by atoms with Gasteiger partial charge in [-0.1, -0.05) is 54.6 Å². The summed E-state index contributed by atoms with van der Waals surface area (Å²) in [6.07, 6.45) is -0.212. The Hall–Kier alpha value is -4.07. The van der Waals surface area contributed by atoms with E-state index in [9.17, 15) is 19.5 Å². The number of phenols is 1. The molecule has 0 radical (unpaired) electrons. The molecule has 4 amide bonds. The van der Waals surface area contributed by atoms with Crippen LogP contribution in [0, 0.1) is 0 Å². The van der Waals surface area contributed by atoms with E-state index in [4.69, 9.17) is 5.73 Å². The Labute approximate surface area is 197 Å².